The molecule has 0 unspecified atom stereocenters. The van der Waals surface area contributed by atoms with Crippen LogP contribution >= 0.6 is 0 Å². The molecule has 102 valence electrons. The summed E-state index contributed by atoms with van der Waals surface area (Å²) in [6.07, 6.45) is 3.31. The van der Waals surface area contributed by atoms with Crippen LogP contribution in [-0.4, -0.2) is 27.8 Å². The highest BCUT2D eigenvalue weighted by atomic mass is 32.2. The second kappa shape index (κ2) is 6.64. The van der Waals surface area contributed by atoms with Crippen LogP contribution in [0.15, 0.2) is 24.3 Å². The Balaban J connectivity index is 2.91. The third kappa shape index (κ3) is 4.96. The molecular weight excluding hydrogens is 248 g/mol. The number of benzene rings is 1. The van der Waals surface area contributed by atoms with E-state index in [9.17, 15) is 8.42 Å². The normalized spacial score (nSPS) is 11.3. The summed E-state index contributed by atoms with van der Waals surface area (Å²) in [5.41, 5.74) is 1.68. The zero-order valence-electron chi connectivity index (χ0n) is 11.3. The first-order chi connectivity index (χ1) is 8.46. The van der Waals surface area contributed by atoms with Gasteiger partial charge in [-0.15, -0.1) is 0 Å². The number of sulfonamides is 1. The number of nitrogens with zero attached hydrogens (tertiary/aromatic N) is 1. The molecule has 0 aliphatic heterocycles. The minimum Gasteiger partial charge on any atom is -0.371 e. The van der Waals surface area contributed by atoms with E-state index in [1.807, 2.05) is 18.2 Å². The largest absolute Gasteiger partial charge is 0.371 e. The molecule has 0 heterocycles. The molecule has 5 heteroatoms. The van der Waals surface area contributed by atoms with E-state index in [0.717, 1.165) is 37.9 Å². The molecule has 0 atom stereocenters. The molecule has 0 radical (unpaired) electrons. The molecule has 0 aliphatic carbocycles. The molecule has 1 N–H and O–H groups in total. The summed E-state index contributed by atoms with van der Waals surface area (Å²) in [4.78, 5) is 2.27. The summed E-state index contributed by atoms with van der Waals surface area (Å²) in [7, 11) is -3.21. The first kappa shape index (κ1) is 14.8. The number of hydrogen-bond donors (Lipinski definition) is 1. The van der Waals surface area contributed by atoms with Crippen molar-refractivity contribution in [1.29, 1.82) is 0 Å². The highest BCUT2D eigenvalue weighted by Gasteiger charge is 2.07. The van der Waals surface area contributed by atoms with E-state index >= 15 is 0 Å². The topological polar surface area (TPSA) is 49.4 Å². The van der Waals surface area contributed by atoms with Gasteiger partial charge in [-0.3, -0.25) is 4.72 Å². The lowest BCUT2D eigenvalue weighted by Crippen LogP contribution is -2.24. The Morgan fingerprint density at radius 2 is 1.78 bits per heavy atom. The average molecular weight is 270 g/mol. The lowest BCUT2D eigenvalue weighted by Gasteiger charge is -2.24. The predicted molar refractivity (Wildman–Crippen MR) is 77.7 cm³/mol. The molecule has 0 spiro atoms. The molecule has 1 rings (SSSR count). The third-order valence-corrected chi connectivity index (χ3v) is 3.11. The molecule has 1 aromatic carbocycles. The Labute approximate surface area is 110 Å². The average Bonchev–Trinajstić information content (AvgIpc) is 2.27. The summed E-state index contributed by atoms with van der Waals surface area (Å²) in [5.74, 6) is 0. The van der Waals surface area contributed by atoms with Gasteiger partial charge in [0.1, 0.15) is 0 Å². The van der Waals surface area contributed by atoms with Gasteiger partial charge in [0.2, 0.25) is 10.0 Å². The van der Waals surface area contributed by atoms with Gasteiger partial charge in [0.15, 0.2) is 0 Å². The predicted octanol–water partition coefficient (Wildman–Crippen LogP) is 2.68. The van der Waals surface area contributed by atoms with Crippen LogP contribution in [0.4, 0.5) is 11.4 Å². The van der Waals surface area contributed by atoms with Gasteiger partial charge in [0.05, 0.1) is 11.9 Å². The highest BCUT2D eigenvalue weighted by molar-refractivity contribution is 7.92. The van der Waals surface area contributed by atoms with Crippen molar-refractivity contribution in [2.45, 2.75) is 26.7 Å². The van der Waals surface area contributed by atoms with Gasteiger partial charge in [0, 0.05) is 18.8 Å². The van der Waals surface area contributed by atoms with Crippen LogP contribution < -0.4 is 9.62 Å². The Morgan fingerprint density at radius 1 is 1.17 bits per heavy atom. The molecule has 18 heavy (non-hydrogen) atoms. The van der Waals surface area contributed by atoms with Crippen molar-refractivity contribution in [3.8, 4) is 0 Å². The third-order valence-electron chi connectivity index (χ3n) is 2.50. The first-order valence-corrected chi connectivity index (χ1v) is 8.18. The van der Waals surface area contributed by atoms with Crippen molar-refractivity contribution in [1.82, 2.24) is 0 Å². The SMILES string of the molecule is CCCN(CCC)c1cccc(NS(C)(=O)=O)c1. The second-order valence-electron chi connectivity index (χ2n) is 4.41. The summed E-state index contributed by atoms with van der Waals surface area (Å²) in [6.45, 7) is 6.24. The van der Waals surface area contributed by atoms with E-state index in [-0.39, 0.29) is 0 Å². The van der Waals surface area contributed by atoms with Crippen LogP contribution in [0.5, 0.6) is 0 Å². The van der Waals surface area contributed by atoms with Gasteiger partial charge in [0.25, 0.3) is 0 Å². The molecule has 0 saturated heterocycles. The summed E-state index contributed by atoms with van der Waals surface area (Å²) in [5, 5.41) is 0. The number of anilines is 2. The Kier molecular flexibility index (Phi) is 5.47. The maximum atomic E-state index is 11.2. The van der Waals surface area contributed by atoms with E-state index in [1.165, 1.54) is 0 Å². The zero-order valence-corrected chi connectivity index (χ0v) is 12.1. The van der Waals surface area contributed by atoms with Crippen molar-refractivity contribution in [3.63, 3.8) is 0 Å². The first-order valence-electron chi connectivity index (χ1n) is 6.29. The Bertz CT molecular complexity index is 466. The van der Waals surface area contributed by atoms with Gasteiger partial charge in [-0.25, -0.2) is 8.42 Å². The maximum absolute atomic E-state index is 11.2. The second-order valence-corrected chi connectivity index (χ2v) is 6.16. The molecule has 0 saturated carbocycles. The molecule has 0 amide bonds. The Morgan fingerprint density at radius 3 is 2.28 bits per heavy atom. The van der Waals surface area contributed by atoms with Gasteiger partial charge < -0.3 is 4.90 Å². The fourth-order valence-corrected chi connectivity index (χ4v) is 2.45. The van der Waals surface area contributed by atoms with Crippen LogP contribution in [0.3, 0.4) is 0 Å². The van der Waals surface area contributed by atoms with E-state index < -0.39 is 10.0 Å². The van der Waals surface area contributed by atoms with E-state index in [0.29, 0.717) is 5.69 Å². The number of nitrogens with one attached hydrogen (secondary N) is 1. The van der Waals surface area contributed by atoms with Crippen molar-refractivity contribution in [2.75, 3.05) is 29.0 Å². The van der Waals surface area contributed by atoms with Crippen molar-refractivity contribution in [3.05, 3.63) is 24.3 Å². The monoisotopic (exact) mass is 270 g/mol. The van der Waals surface area contributed by atoms with Crippen LogP contribution in [-0.2, 0) is 10.0 Å². The van der Waals surface area contributed by atoms with Gasteiger partial charge >= 0.3 is 0 Å². The maximum Gasteiger partial charge on any atom is 0.229 e. The molecule has 0 bridgehead atoms. The minimum absolute atomic E-state index is 0.618. The van der Waals surface area contributed by atoms with Crippen LogP contribution in [0.2, 0.25) is 0 Å². The van der Waals surface area contributed by atoms with E-state index in [1.54, 1.807) is 6.07 Å². The van der Waals surface area contributed by atoms with E-state index in [4.69, 9.17) is 0 Å². The zero-order chi connectivity index (χ0) is 13.6. The van der Waals surface area contributed by atoms with Gasteiger partial charge in [-0.2, -0.15) is 0 Å². The van der Waals surface area contributed by atoms with Gasteiger partial charge in [-0.1, -0.05) is 19.9 Å². The highest BCUT2D eigenvalue weighted by Crippen LogP contribution is 2.20. The van der Waals surface area contributed by atoms with Crippen molar-refractivity contribution < 1.29 is 8.42 Å². The number of hydrogen-bond acceptors (Lipinski definition) is 3. The summed E-state index contributed by atoms with van der Waals surface area (Å²) in [6, 6.07) is 7.53. The minimum atomic E-state index is -3.21. The molecule has 0 aromatic heterocycles. The van der Waals surface area contributed by atoms with Crippen LogP contribution in [0.1, 0.15) is 26.7 Å². The molecule has 1 aromatic rings. The molecule has 0 fully saturated rings. The lowest BCUT2D eigenvalue weighted by molar-refractivity contribution is 0.607. The van der Waals surface area contributed by atoms with Gasteiger partial charge in [-0.05, 0) is 31.0 Å². The quantitative estimate of drug-likeness (QED) is 0.828. The summed E-state index contributed by atoms with van der Waals surface area (Å²) < 4.78 is 24.9. The molecule has 0 aliphatic rings. The van der Waals surface area contributed by atoms with Crippen LogP contribution in [0, 0.1) is 0 Å². The standard InChI is InChI=1S/C13H22N2O2S/c1-4-9-15(10-5-2)13-8-6-7-12(11-13)14-18(3,16)17/h6-8,11,14H,4-5,9-10H2,1-3H3. The molecule has 4 nitrogen and oxygen atoms in total. The fraction of sp³-hybridized carbons (Fsp3) is 0.538. The number of rotatable bonds is 7. The molecular formula is C13H22N2O2S. The Hall–Kier alpha value is -1.23. The smallest absolute Gasteiger partial charge is 0.229 e. The summed E-state index contributed by atoms with van der Waals surface area (Å²) >= 11 is 0. The van der Waals surface area contributed by atoms with Crippen LogP contribution in [0.25, 0.3) is 0 Å². The lowest BCUT2D eigenvalue weighted by atomic mass is 10.2. The van der Waals surface area contributed by atoms with E-state index in [2.05, 4.69) is 23.5 Å². The van der Waals surface area contributed by atoms with Crippen molar-refractivity contribution in [2.24, 2.45) is 0 Å². The van der Waals surface area contributed by atoms with Crippen molar-refractivity contribution >= 4 is 21.4 Å². The fourth-order valence-electron chi connectivity index (χ4n) is 1.89.